The molecule has 0 radical (unpaired) electrons. The van der Waals surface area contributed by atoms with E-state index in [4.69, 9.17) is 5.11 Å². The monoisotopic (exact) mass is 168 g/mol. The second-order valence-electron chi connectivity index (χ2n) is 2.01. The highest BCUT2D eigenvalue weighted by molar-refractivity contribution is 7.98. The molecule has 58 valence electrons. The van der Waals surface area contributed by atoms with E-state index in [9.17, 15) is 4.79 Å². The molecule has 0 saturated heterocycles. The zero-order valence-corrected chi connectivity index (χ0v) is 6.89. The van der Waals surface area contributed by atoms with Crippen molar-refractivity contribution in [3.63, 3.8) is 0 Å². The van der Waals surface area contributed by atoms with Crippen LogP contribution in [-0.4, -0.2) is 17.3 Å². The fourth-order valence-electron chi connectivity index (χ4n) is 0.821. The van der Waals surface area contributed by atoms with E-state index >= 15 is 0 Å². The predicted octanol–water partition coefficient (Wildman–Crippen LogP) is 2.11. The third-order valence-electron chi connectivity index (χ3n) is 1.34. The summed E-state index contributed by atoms with van der Waals surface area (Å²) in [7, 11) is 0. The van der Waals surface area contributed by atoms with Crippen LogP contribution >= 0.6 is 11.8 Å². The van der Waals surface area contributed by atoms with Gasteiger partial charge < -0.3 is 5.11 Å². The highest BCUT2D eigenvalue weighted by Crippen LogP contribution is 2.19. The van der Waals surface area contributed by atoms with Crippen LogP contribution in [0.15, 0.2) is 29.2 Å². The lowest BCUT2D eigenvalue weighted by Crippen LogP contribution is -1.97. The van der Waals surface area contributed by atoms with E-state index in [1.807, 2.05) is 12.3 Å². The number of carbonyl (C=O) groups is 1. The number of hydrogen-bond donors (Lipinski definition) is 1. The average Bonchev–Trinajstić information content (AvgIpc) is 2.04. The Bertz CT molecular complexity index is 271. The number of hydrogen-bond acceptors (Lipinski definition) is 2. The predicted molar refractivity (Wildman–Crippen MR) is 45.2 cm³/mol. The molecular weight excluding hydrogens is 160 g/mol. The van der Waals surface area contributed by atoms with Crippen LogP contribution in [0.5, 0.6) is 0 Å². The fraction of sp³-hybridized carbons (Fsp3) is 0.125. The molecule has 1 aromatic rings. The van der Waals surface area contributed by atoms with Crippen LogP contribution in [0.3, 0.4) is 0 Å². The van der Waals surface area contributed by atoms with Crippen molar-refractivity contribution >= 4 is 17.7 Å². The lowest BCUT2D eigenvalue weighted by atomic mass is 10.2. The van der Waals surface area contributed by atoms with Crippen molar-refractivity contribution in [2.75, 3.05) is 6.26 Å². The Balaban J connectivity index is 3.12. The molecule has 0 unspecified atom stereocenters. The van der Waals surface area contributed by atoms with Gasteiger partial charge in [0.2, 0.25) is 0 Å². The van der Waals surface area contributed by atoms with Gasteiger partial charge in [0, 0.05) is 4.90 Å². The zero-order chi connectivity index (χ0) is 8.27. The van der Waals surface area contributed by atoms with Gasteiger partial charge in [0.15, 0.2) is 0 Å². The topological polar surface area (TPSA) is 37.3 Å². The Hall–Kier alpha value is -0.960. The second kappa shape index (κ2) is 3.44. The van der Waals surface area contributed by atoms with Crippen molar-refractivity contribution in [1.82, 2.24) is 0 Å². The van der Waals surface area contributed by atoms with Crippen LogP contribution in [-0.2, 0) is 0 Å². The van der Waals surface area contributed by atoms with Gasteiger partial charge in [-0.3, -0.25) is 0 Å². The summed E-state index contributed by atoms with van der Waals surface area (Å²) < 4.78 is 0. The van der Waals surface area contributed by atoms with Crippen molar-refractivity contribution in [1.29, 1.82) is 0 Å². The standard InChI is InChI=1S/C8H8O2S/c1-11-7-5-3-2-4-6(7)8(9)10/h2-5H,1H3,(H,9,10). The molecular formula is C8H8O2S. The fourth-order valence-corrected chi connectivity index (χ4v) is 1.41. The van der Waals surface area contributed by atoms with Crippen LogP contribution in [0, 0.1) is 0 Å². The van der Waals surface area contributed by atoms with Crippen LogP contribution in [0.2, 0.25) is 0 Å². The molecule has 0 aliphatic heterocycles. The van der Waals surface area contributed by atoms with Crippen molar-refractivity contribution in [3.8, 4) is 0 Å². The lowest BCUT2D eigenvalue weighted by molar-refractivity contribution is 0.0693. The van der Waals surface area contributed by atoms with Gasteiger partial charge in [-0.05, 0) is 18.4 Å². The number of carboxylic acids is 1. The van der Waals surface area contributed by atoms with Gasteiger partial charge in [0.05, 0.1) is 5.56 Å². The molecule has 0 saturated carbocycles. The molecule has 0 atom stereocenters. The highest BCUT2D eigenvalue weighted by atomic mass is 32.2. The molecule has 0 aromatic heterocycles. The lowest BCUT2D eigenvalue weighted by Gasteiger charge is -1.99. The smallest absolute Gasteiger partial charge is 0.336 e. The quantitative estimate of drug-likeness (QED) is 0.687. The van der Waals surface area contributed by atoms with Crippen LogP contribution in [0.25, 0.3) is 0 Å². The number of benzene rings is 1. The molecule has 3 heteroatoms. The summed E-state index contributed by atoms with van der Waals surface area (Å²) in [4.78, 5) is 11.4. The first-order valence-electron chi connectivity index (χ1n) is 3.12. The maximum absolute atomic E-state index is 10.6. The third kappa shape index (κ3) is 1.74. The number of carboxylic acid groups (broad SMARTS) is 1. The summed E-state index contributed by atoms with van der Waals surface area (Å²) in [5, 5.41) is 8.68. The summed E-state index contributed by atoms with van der Waals surface area (Å²) >= 11 is 1.44. The first-order valence-corrected chi connectivity index (χ1v) is 4.34. The molecule has 1 aromatic carbocycles. The first kappa shape index (κ1) is 8.14. The Morgan fingerprint density at radius 3 is 2.55 bits per heavy atom. The SMILES string of the molecule is CSc1ccccc1C(=O)O. The summed E-state index contributed by atoms with van der Waals surface area (Å²) in [5.74, 6) is -0.866. The van der Waals surface area contributed by atoms with E-state index in [0.717, 1.165) is 4.90 Å². The summed E-state index contributed by atoms with van der Waals surface area (Å²) in [6, 6.07) is 6.96. The van der Waals surface area contributed by atoms with Crippen LogP contribution in [0.4, 0.5) is 0 Å². The van der Waals surface area contributed by atoms with Crippen LogP contribution in [0.1, 0.15) is 10.4 Å². The molecule has 11 heavy (non-hydrogen) atoms. The molecule has 2 nitrogen and oxygen atoms in total. The van der Waals surface area contributed by atoms with Gasteiger partial charge in [0.25, 0.3) is 0 Å². The van der Waals surface area contributed by atoms with Crippen molar-refractivity contribution in [2.24, 2.45) is 0 Å². The molecule has 0 fully saturated rings. The molecule has 1 rings (SSSR count). The summed E-state index contributed by atoms with van der Waals surface area (Å²) in [6.45, 7) is 0. The minimum Gasteiger partial charge on any atom is -0.478 e. The minimum absolute atomic E-state index is 0.375. The first-order chi connectivity index (χ1) is 5.25. The average molecular weight is 168 g/mol. The molecule has 0 amide bonds. The van der Waals surface area contributed by atoms with E-state index in [1.54, 1.807) is 18.2 Å². The molecule has 0 heterocycles. The third-order valence-corrected chi connectivity index (χ3v) is 2.13. The number of thioether (sulfide) groups is 1. The van der Waals surface area contributed by atoms with Crippen molar-refractivity contribution < 1.29 is 9.90 Å². The Kier molecular flexibility index (Phi) is 2.54. The zero-order valence-electron chi connectivity index (χ0n) is 6.07. The second-order valence-corrected chi connectivity index (χ2v) is 2.85. The van der Waals surface area contributed by atoms with E-state index < -0.39 is 5.97 Å². The minimum atomic E-state index is -0.866. The van der Waals surface area contributed by atoms with Gasteiger partial charge in [-0.15, -0.1) is 11.8 Å². The Morgan fingerprint density at radius 1 is 1.45 bits per heavy atom. The summed E-state index contributed by atoms with van der Waals surface area (Å²) in [5.41, 5.74) is 0.375. The van der Waals surface area contributed by atoms with Gasteiger partial charge in [-0.2, -0.15) is 0 Å². The summed E-state index contributed by atoms with van der Waals surface area (Å²) in [6.07, 6.45) is 1.86. The van der Waals surface area contributed by atoms with Gasteiger partial charge in [-0.25, -0.2) is 4.79 Å². The normalized spacial score (nSPS) is 9.55. The van der Waals surface area contributed by atoms with Gasteiger partial charge >= 0.3 is 5.97 Å². The Labute approximate surface area is 69.2 Å². The van der Waals surface area contributed by atoms with Gasteiger partial charge in [0.1, 0.15) is 0 Å². The molecule has 1 N–H and O–H groups in total. The largest absolute Gasteiger partial charge is 0.478 e. The Morgan fingerprint density at radius 2 is 2.09 bits per heavy atom. The molecule has 0 spiro atoms. The van der Waals surface area contributed by atoms with Crippen LogP contribution < -0.4 is 0 Å². The van der Waals surface area contributed by atoms with E-state index in [-0.39, 0.29) is 0 Å². The van der Waals surface area contributed by atoms with Crippen molar-refractivity contribution in [3.05, 3.63) is 29.8 Å². The van der Waals surface area contributed by atoms with Gasteiger partial charge in [-0.1, -0.05) is 12.1 Å². The van der Waals surface area contributed by atoms with Crippen molar-refractivity contribution in [2.45, 2.75) is 4.90 Å². The number of rotatable bonds is 2. The maximum Gasteiger partial charge on any atom is 0.336 e. The maximum atomic E-state index is 10.6. The van der Waals surface area contributed by atoms with E-state index in [0.29, 0.717) is 5.56 Å². The van der Waals surface area contributed by atoms with E-state index in [2.05, 4.69) is 0 Å². The molecule has 0 bridgehead atoms. The van der Waals surface area contributed by atoms with E-state index in [1.165, 1.54) is 11.8 Å². The molecule has 0 aliphatic rings. The number of aromatic carboxylic acids is 1. The highest BCUT2D eigenvalue weighted by Gasteiger charge is 2.06. The molecule has 0 aliphatic carbocycles.